The summed E-state index contributed by atoms with van der Waals surface area (Å²) in [5.74, 6) is 0. The van der Waals surface area contributed by atoms with Gasteiger partial charge in [-0.3, -0.25) is 4.90 Å². The number of piperidine rings is 1. The van der Waals surface area contributed by atoms with Crippen LogP contribution in [0.5, 0.6) is 0 Å². The maximum atomic E-state index is 5.86. The van der Waals surface area contributed by atoms with E-state index in [-0.39, 0.29) is 6.04 Å². The van der Waals surface area contributed by atoms with Crippen LogP contribution in [0.15, 0.2) is 5.38 Å². The van der Waals surface area contributed by atoms with Crippen LogP contribution in [0, 0.1) is 0 Å². The molecule has 2 N–H and O–H groups in total. The summed E-state index contributed by atoms with van der Waals surface area (Å²) in [6.07, 6.45) is 3.91. The number of thiazole rings is 1. The standard InChI is InChI=1S/C14H25N3OS/c1-3-7-18-13-5-4-6-17(9-13)8-12-10-19-14(16-12)11(2)15/h10-11,13H,3-9,15H2,1-2H3. The van der Waals surface area contributed by atoms with E-state index < -0.39 is 0 Å². The molecular formula is C14H25N3OS. The fraction of sp³-hybridized carbons (Fsp3) is 0.786. The minimum absolute atomic E-state index is 0.0424. The molecule has 0 bridgehead atoms. The maximum absolute atomic E-state index is 5.86. The van der Waals surface area contributed by atoms with Crippen LogP contribution in [0.1, 0.15) is 49.9 Å². The van der Waals surface area contributed by atoms with Crippen LogP contribution in [-0.2, 0) is 11.3 Å². The third kappa shape index (κ3) is 4.53. The molecule has 2 atom stereocenters. The minimum Gasteiger partial charge on any atom is -0.377 e. The Morgan fingerprint density at radius 2 is 2.47 bits per heavy atom. The Balaban J connectivity index is 1.84. The van der Waals surface area contributed by atoms with Crippen LogP contribution in [0.4, 0.5) is 0 Å². The third-order valence-corrected chi connectivity index (χ3v) is 4.46. The Morgan fingerprint density at radius 3 is 3.16 bits per heavy atom. The first kappa shape index (κ1) is 14.9. The minimum atomic E-state index is 0.0424. The van der Waals surface area contributed by atoms with Crippen molar-refractivity contribution >= 4 is 11.3 Å². The van der Waals surface area contributed by atoms with Gasteiger partial charge in [-0.05, 0) is 32.7 Å². The number of ether oxygens (including phenoxy) is 1. The Kier molecular flexibility index (Phi) is 5.76. The van der Waals surface area contributed by atoms with Crippen LogP contribution in [0.2, 0.25) is 0 Å². The smallest absolute Gasteiger partial charge is 0.109 e. The normalized spacial score (nSPS) is 22.6. The van der Waals surface area contributed by atoms with E-state index in [4.69, 9.17) is 10.5 Å². The number of nitrogens with zero attached hydrogens (tertiary/aromatic N) is 2. The molecule has 0 amide bonds. The van der Waals surface area contributed by atoms with Gasteiger partial charge in [0, 0.05) is 25.1 Å². The number of nitrogens with two attached hydrogens (primary N) is 1. The van der Waals surface area contributed by atoms with Crippen LogP contribution in [0.25, 0.3) is 0 Å². The monoisotopic (exact) mass is 283 g/mol. The SMILES string of the molecule is CCCOC1CCCN(Cc2csc(C(C)N)n2)C1. The molecule has 1 fully saturated rings. The largest absolute Gasteiger partial charge is 0.377 e. The summed E-state index contributed by atoms with van der Waals surface area (Å²) in [4.78, 5) is 7.05. The van der Waals surface area contributed by atoms with Crippen molar-refractivity contribution in [2.45, 2.75) is 51.8 Å². The lowest BCUT2D eigenvalue weighted by Crippen LogP contribution is -2.39. The van der Waals surface area contributed by atoms with Crippen molar-refractivity contribution in [2.75, 3.05) is 19.7 Å². The number of hydrogen-bond donors (Lipinski definition) is 1. The summed E-state index contributed by atoms with van der Waals surface area (Å²) in [7, 11) is 0. The van der Waals surface area contributed by atoms with Gasteiger partial charge in [-0.15, -0.1) is 11.3 Å². The molecule has 0 spiro atoms. The fourth-order valence-electron chi connectivity index (χ4n) is 2.41. The molecule has 19 heavy (non-hydrogen) atoms. The highest BCUT2D eigenvalue weighted by atomic mass is 32.1. The average Bonchev–Trinajstić information content (AvgIpc) is 2.85. The Labute approximate surface area is 120 Å². The van der Waals surface area contributed by atoms with Gasteiger partial charge in [0.2, 0.25) is 0 Å². The second kappa shape index (κ2) is 7.33. The average molecular weight is 283 g/mol. The number of hydrogen-bond acceptors (Lipinski definition) is 5. The molecule has 0 radical (unpaired) electrons. The zero-order valence-electron chi connectivity index (χ0n) is 12.0. The quantitative estimate of drug-likeness (QED) is 0.871. The van der Waals surface area contributed by atoms with E-state index in [9.17, 15) is 0 Å². The molecule has 1 aliphatic rings. The molecule has 1 aromatic rings. The second-order valence-electron chi connectivity index (χ2n) is 5.34. The van der Waals surface area contributed by atoms with Crippen molar-refractivity contribution in [1.82, 2.24) is 9.88 Å². The van der Waals surface area contributed by atoms with E-state index in [1.165, 1.54) is 12.8 Å². The van der Waals surface area contributed by atoms with Crippen molar-refractivity contribution in [3.05, 3.63) is 16.1 Å². The lowest BCUT2D eigenvalue weighted by Gasteiger charge is -2.32. The summed E-state index contributed by atoms with van der Waals surface area (Å²) < 4.78 is 5.86. The van der Waals surface area contributed by atoms with Gasteiger partial charge in [0.15, 0.2) is 0 Å². The van der Waals surface area contributed by atoms with Gasteiger partial charge in [-0.2, -0.15) is 0 Å². The third-order valence-electron chi connectivity index (χ3n) is 3.36. The van der Waals surface area contributed by atoms with Gasteiger partial charge in [-0.1, -0.05) is 6.92 Å². The van der Waals surface area contributed by atoms with Gasteiger partial charge in [0.25, 0.3) is 0 Å². The van der Waals surface area contributed by atoms with Crippen LogP contribution in [-0.4, -0.2) is 35.7 Å². The molecule has 0 saturated carbocycles. The molecule has 4 nitrogen and oxygen atoms in total. The van der Waals surface area contributed by atoms with Gasteiger partial charge < -0.3 is 10.5 Å². The van der Waals surface area contributed by atoms with Crippen molar-refractivity contribution in [1.29, 1.82) is 0 Å². The molecule has 1 aromatic heterocycles. The first-order valence-electron chi connectivity index (χ1n) is 7.23. The van der Waals surface area contributed by atoms with Crippen LogP contribution >= 0.6 is 11.3 Å². The number of aromatic nitrogens is 1. The molecule has 2 heterocycles. The first-order valence-corrected chi connectivity index (χ1v) is 8.10. The van der Waals surface area contributed by atoms with Crippen molar-refractivity contribution in [3.63, 3.8) is 0 Å². The lowest BCUT2D eigenvalue weighted by atomic mass is 10.1. The van der Waals surface area contributed by atoms with E-state index in [1.54, 1.807) is 11.3 Å². The Bertz CT molecular complexity index is 381. The predicted molar refractivity (Wildman–Crippen MR) is 79.3 cm³/mol. The molecule has 1 saturated heterocycles. The summed E-state index contributed by atoms with van der Waals surface area (Å²) in [6.45, 7) is 8.13. The highest BCUT2D eigenvalue weighted by Crippen LogP contribution is 2.20. The summed E-state index contributed by atoms with van der Waals surface area (Å²) in [6, 6.07) is 0.0424. The van der Waals surface area contributed by atoms with Crippen LogP contribution in [0.3, 0.4) is 0 Å². The first-order chi connectivity index (χ1) is 9.19. The van der Waals surface area contributed by atoms with E-state index in [1.807, 2.05) is 6.92 Å². The molecule has 2 rings (SSSR count). The highest BCUT2D eigenvalue weighted by molar-refractivity contribution is 7.09. The van der Waals surface area contributed by atoms with Crippen molar-refractivity contribution < 1.29 is 4.74 Å². The van der Waals surface area contributed by atoms with Gasteiger partial charge >= 0.3 is 0 Å². The summed E-state index contributed by atoms with van der Waals surface area (Å²) in [5.41, 5.74) is 7.00. The predicted octanol–water partition coefficient (Wildman–Crippen LogP) is 2.55. The Morgan fingerprint density at radius 1 is 1.63 bits per heavy atom. The number of rotatable bonds is 6. The molecular weight excluding hydrogens is 258 g/mol. The summed E-state index contributed by atoms with van der Waals surface area (Å²) >= 11 is 1.67. The molecule has 1 aliphatic heterocycles. The zero-order valence-corrected chi connectivity index (χ0v) is 12.8. The van der Waals surface area contributed by atoms with E-state index in [2.05, 4.69) is 22.2 Å². The molecule has 2 unspecified atom stereocenters. The molecule has 0 aromatic carbocycles. The van der Waals surface area contributed by atoms with Crippen molar-refractivity contribution in [2.24, 2.45) is 5.73 Å². The summed E-state index contributed by atoms with van der Waals surface area (Å²) in [5, 5.41) is 3.17. The Hall–Kier alpha value is -0.490. The fourth-order valence-corrected chi connectivity index (χ4v) is 3.18. The van der Waals surface area contributed by atoms with E-state index >= 15 is 0 Å². The highest BCUT2D eigenvalue weighted by Gasteiger charge is 2.21. The van der Waals surface area contributed by atoms with Gasteiger partial charge in [0.1, 0.15) is 5.01 Å². The van der Waals surface area contributed by atoms with Gasteiger partial charge in [-0.25, -0.2) is 4.98 Å². The van der Waals surface area contributed by atoms with E-state index in [0.717, 1.165) is 43.4 Å². The van der Waals surface area contributed by atoms with Crippen molar-refractivity contribution in [3.8, 4) is 0 Å². The zero-order chi connectivity index (χ0) is 13.7. The lowest BCUT2D eigenvalue weighted by molar-refractivity contribution is -0.00249. The maximum Gasteiger partial charge on any atom is 0.109 e. The van der Waals surface area contributed by atoms with Gasteiger partial charge in [0.05, 0.1) is 17.8 Å². The molecule has 108 valence electrons. The van der Waals surface area contributed by atoms with Crippen LogP contribution < -0.4 is 5.73 Å². The number of likely N-dealkylation sites (tertiary alicyclic amines) is 1. The molecule has 5 heteroatoms. The molecule has 0 aliphatic carbocycles. The topological polar surface area (TPSA) is 51.4 Å². The van der Waals surface area contributed by atoms with E-state index in [0.29, 0.717) is 6.10 Å². The second-order valence-corrected chi connectivity index (χ2v) is 6.23.